The van der Waals surface area contributed by atoms with Gasteiger partial charge in [0.25, 0.3) is 0 Å². The van der Waals surface area contributed by atoms with Crippen molar-refractivity contribution in [2.75, 3.05) is 49.1 Å². The lowest BCUT2D eigenvalue weighted by Crippen LogP contribution is -2.47. The molecule has 1 amide bonds. The van der Waals surface area contributed by atoms with Crippen LogP contribution in [0.2, 0.25) is 0 Å². The van der Waals surface area contributed by atoms with Gasteiger partial charge in [0.15, 0.2) is 0 Å². The molecule has 5 nitrogen and oxygen atoms in total. The highest BCUT2D eigenvalue weighted by molar-refractivity contribution is 5.95. The van der Waals surface area contributed by atoms with E-state index in [4.69, 9.17) is 0 Å². The number of piperazine rings is 1. The number of aromatic nitrogens is 1. The van der Waals surface area contributed by atoms with Gasteiger partial charge < -0.3 is 9.80 Å². The summed E-state index contributed by atoms with van der Waals surface area (Å²) in [6, 6.07) is 14.3. The highest BCUT2D eigenvalue weighted by Crippen LogP contribution is 2.27. The highest BCUT2D eigenvalue weighted by Gasteiger charge is 2.25. The van der Waals surface area contributed by atoms with Gasteiger partial charge in [-0.25, -0.2) is 4.98 Å². The molecule has 25 heavy (non-hydrogen) atoms. The van der Waals surface area contributed by atoms with Gasteiger partial charge in [0.2, 0.25) is 5.91 Å². The number of pyridine rings is 1. The van der Waals surface area contributed by atoms with E-state index in [1.807, 2.05) is 35.4 Å². The Morgan fingerprint density at radius 2 is 1.76 bits per heavy atom. The lowest BCUT2D eigenvalue weighted by atomic mass is 10.2. The van der Waals surface area contributed by atoms with E-state index in [0.29, 0.717) is 6.42 Å². The largest absolute Gasteiger partial charge is 0.354 e. The van der Waals surface area contributed by atoms with E-state index in [-0.39, 0.29) is 5.91 Å². The van der Waals surface area contributed by atoms with Crippen LogP contribution in [0.5, 0.6) is 0 Å². The van der Waals surface area contributed by atoms with Crippen molar-refractivity contribution in [3.8, 4) is 0 Å². The number of anilines is 2. The minimum atomic E-state index is 0.247. The number of nitrogens with zero attached hydrogens (tertiary/aromatic N) is 4. The van der Waals surface area contributed by atoms with Crippen molar-refractivity contribution < 1.29 is 4.79 Å². The van der Waals surface area contributed by atoms with Crippen molar-refractivity contribution in [3.63, 3.8) is 0 Å². The summed E-state index contributed by atoms with van der Waals surface area (Å²) in [6.45, 7) is 5.58. The van der Waals surface area contributed by atoms with Crippen LogP contribution in [0, 0.1) is 0 Å². The van der Waals surface area contributed by atoms with E-state index in [0.717, 1.165) is 57.2 Å². The standard InChI is InChI=1S/C20H24N4O/c25-20(24-12-8-17-5-1-2-6-18(17)24)9-11-22-13-15-23(16-14-22)19-7-3-4-10-21-19/h1-7,10H,8-9,11-16H2. The molecule has 5 heteroatoms. The Balaban J connectivity index is 1.27. The summed E-state index contributed by atoms with van der Waals surface area (Å²) >= 11 is 0. The molecule has 0 bridgehead atoms. The predicted molar refractivity (Wildman–Crippen MR) is 100 cm³/mol. The summed E-state index contributed by atoms with van der Waals surface area (Å²) in [4.78, 5) is 23.7. The number of carbonyl (C=O) groups is 1. The van der Waals surface area contributed by atoms with Crippen molar-refractivity contribution in [2.45, 2.75) is 12.8 Å². The van der Waals surface area contributed by atoms with Gasteiger partial charge in [0.1, 0.15) is 5.82 Å². The van der Waals surface area contributed by atoms with Crippen molar-refractivity contribution in [1.29, 1.82) is 0 Å². The fraction of sp³-hybridized carbons (Fsp3) is 0.400. The molecule has 0 spiro atoms. The van der Waals surface area contributed by atoms with Gasteiger partial charge in [-0.2, -0.15) is 0 Å². The third kappa shape index (κ3) is 3.51. The molecule has 130 valence electrons. The zero-order chi connectivity index (χ0) is 17.1. The first-order valence-electron chi connectivity index (χ1n) is 9.08. The summed E-state index contributed by atoms with van der Waals surface area (Å²) in [5.41, 5.74) is 2.40. The molecule has 2 aliphatic heterocycles. The van der Waals surface area contributed by atoms with Crippen LogP contribution in [0.15, 0.2) is 48.7 Å². The minimum Gasteiger partial charge on any atom is -0.354 e. The molecular weight excluding hydrogens is 312 g/mol. The average molecular weight is 336 g/mol. The molecule has 2 aliphatic rings. The van der Waals surface area contributed by atoms with Crippen molar-refractivity contribution in [3.05, 3.63) is 54.2 Å². The molecule has 1 aromatic heterocycles. The molecular formula is C20H24N4O. The van der Waals surface area contributed by atoms with Crippen LogP contribution in [-0.4, -0.2) is 55.1 Å². The zero-order valence-electron chi connectivity index (χ0n) is 14.5. The molecule has 1 aromatic carbocycles. The van der Waals surface area contributed by atoms with E-state index in [1.165, 1.54) is 5.56 Å². The van der Waals surface area contributed by atoms with E-state index in [1.54, 1.807) is 0 Å². The zero-order valence-corrected chi connectivity index (χ0v) is 14.5. The van der Waals surface area contributed by atoms with Gasteiger partial charge in [-0.15, -0.1) is 0 Å². The number of hydrogen-bond acceptors (Lipinski definition) is 4. The lowest BCUT2D eigenvalue weighted by molar-refractivity contribution is -0.118. The summed E-state index contributed by atoms with van der Waals surface area (Å²) in [6.07, 6.45) is 3.41. The maximum Gasteiger partial charge on any atom is 0.228 e. The maximum absolute atomic E-state index is 12.6. The van der Waals surface area contributed by atoms with Gasteiger partial charge in [0.05, 0.1) is 0 Å². The van der Waals surface area contributed by atoms with Gasteiger partial charge in [-0.05, 0) is 30.2 Å². The van der Waals surface area contributed by atoms with E-state index in [2.05, 4.69) is 33.0 Å². The monoisotopic (exact) mass is 336 g/mol. The summed E-state index contributed by atoms with van der Waals surface area (Å²) in [7, 11) is 0. The molecule has 3 heterocycles. The van der Waals surface area contributed by atoms with Crippen molar-refractivity contribution in [1.82, 2.24) is 9.88 Å². The Labute approximate surface area is 148 Å². The number of benzene rings is 1. The van der Waals surface area contributed by atoms with E-state index < -0.39 is 0 Å². The molecule has 0 aliphatic carbocycles. The second-order valence-electron chi connectivity index (χ2n) is 6.69. The number of fused-ring (bicyclic) bond motifs is 1. The molecule has 0 saturated carbocycles. The lowest BCUT2D eigenvalue weighted by Gasteiger charge is -2.35. The van der Waals surface area contributed by atoms with Crippen LogP contribution in [0.3, 0.4) is 0 Å². The third-order valence-corrected chi connectivity index (χ3v) is 5.18. The molecule has 0 unspecified atom stereocenters. The van der Waals surface area contributed by atoms with Crippen LogP contribution < -0.4 is 9.80 Å². The van der Waals surface area contributed by atoms with Crippen LogP contribution in [0.1, 0.15) is 12.0 Å². The van der Waals surface area contributed by atoms with Gasteiger partial charge >= 0.3 is 0 Å². The SMILES string of the molecule is O=C(CCN1CCN(c2ccccn2)CC1)N1CCc2ccccc21. The normalized spacial score (nSPS) is 17.6. The molecule has 1 saturated heterocycles. The third-order valence-electron chi connectivity index (χ3n) is 5.18. The Hall–Kier alpha value is -2.40. The smallest absolute Gasteiger partial charge is 0.228 e. The molecule has 0 N–H and O–H groups in total. The quantitative estimate of drug-likeness (QED) is 0.858. The van der Waals surface area contributed by atoms with Crippen LogP contribution in [-0.2, 0) is 11.2 Å². The summed E-state index contributed by atoms with van der Waals surface area (Å²) < 4.78 is 0. The average Bonchev–Trinajstić information content (AvgIpc) is 3.11. The van der Waals surface area contributed by atoms with Gasteiger partial charge in [0, 0.05) is 57.6 Å². The fourth-order valence-corrected chi connectivity index (χ4v) is 3.73. The summed E-state index contributed by atoms with van der Waals surface area (Å²) in [5, 5.41) is 0. The van der Waals surface area contributed by atoms with Crippen LogP contribution >= 0.6 is 0 Å². The van der Waals surface area contributed by atoms with Crippen molar-refractivity contribution >= 4 is 17.4 Å². The predicted octanol–water partition coefficient (Wildman–Crippen LogP) is 2.18. The van der Waals surface area contributed by atoms with Gasteiger partial charge in [-0.1, -0.05) is 24.3 Å². The maximum atomic E-state index is 12.6. The first kappa shape index (κ1) is 16.1. The number of amides is 1. The number of carbonyl (C=O) groups excluding carboxylic acids is 1. The topological polar surface area (TPSA) is 39.7 Å². The van der Waals surface area contributed by atoms with Crippen molar-refractivity contribution in [2.24, 2.45) is 0 Å². The van der Waals surface area contributed by atoms with Crippen LogP contribution in [0.25, 0.3) is 0 Å². The number of rotatable bonds is 4. The second-order valence-corrected chi connectivity index (χ2v) is 6.69. The first-order chi connectivity index (χ1) is 12.3. The number of para-hydroxylation sites is 1. The Kier molecular flexibility index (Phi) is 4.65. The van der Waals surface area contributed by atoms with E-state index in [9.17, 15) is 4.79 Å². The fourth-order valence-electron chi connectivity index (χ4n) is 3.73. The second kappa shape index (κ2) is 7.23. The molecule has 0 atom stereocenters. The highest BCUT2D eigenvalue weighted by atomic mass is 16.2. The molecule has 2 aromatic rings. The Bertz CT molecular complexity index is 725. The first-order valence-corrected chi connectivity index (χ1v) is 9.08. The van der Waals surface area contributed by atoms with Gasteiger partial charge in [-0.3, -0.25) is 9.69 Å². The Morgan fingerprint density at radius 1 is 0.960 bits per heavy atom. The molecule has 1 fully saturated rings. The molecule has 0 radical (unpaired) electrons. The number of hydrogen-bond donors (Lipinski definition) is 0. The minimum absolute atomic E-state index is 0.247. The van der Waals surface area contributed by atoms with Crippen LogP contribution in [0.4, 0.5) is 11.5 Å². The summed E-state index contributed by atoms with van der Waals surface area (Å²) in [5.74, 6) is 1.30. The molecule has 4 rings (SSSR count). The Morgan fingerprint density at radius 3 is 2.56 bits per heavy atom. The van der Waals surface area contributed by atoms with E-state index >= 15 is 0 Å².